The zero-order chi connectivity index (χ0) is 19.1. The van der Waals surface area contributed by atoms with E-state index in [1.165, 1.54) is 6.07 Å². The van der Waals surface area contributed by atoms with Crippen molar-refractivity contribution in [2.75, 3.05) is 59.2 Å². The number of morpholine rings is 1. The van der Waals surface area contributed by atoms with Crippen LogP contribution in [0.4, 0.5) is 4.39 Å². The highest BCUT2D eigenvalue weighted by Gasteiger charge is 2.56. The zero-order valence-electron chi connectivity index (χ0n) is 16.2. The highest BCUT2D eigenvalue weighted by molar-refractivity contribution is 5.94. The summed E-state index contributed by atoms with van der Waals surface area (Å²) < 4.78 is 25.4. The maximum atomic E-state index is 14.2. The average molecular weight is 389 g/mol. The number of likely N-dealkylation sites (tertiary alicyclic amines) is 1. The molecule has 1 atom stereocenters. The molecule has 1 spiro atoms. The molecule has 0 aliphatic carbocycles. The van der Waals surface area contributed by atoms with Crippen molar-refractivity contribution < 1.29 is 18.7 Å². The van der Waals surface area contributed by atoms with Gasteiger partial charge in [-0.05, 0) is 25.0 Å². The molecule has 4 saturated heterocycles. The third-order valence-corrected chi connectivity index (χ3v) is 6.85. The molecular formula is C21H28FN3O3. The molecule has 0 bridgehead atoms. The minimum absolute atomic E-state index is 0.0358. The number of fused-ring (bicyclic) bond motifs is 2. The number of piperazine rings is 1. The van der Waals surface area contributed by atoms with Crippen molar-refractivity contribution in [2.45, 2.75) is 30.5 Å². The summed E-state index contributed by atoms with van der Waals surface area (Å²) in [5, 5.41) is 0. The van der Waals surface area contributed by atoms with Crippen LogP contribution >= 0.6 is 0 Å². The molecule has 1 aromatic rings. The van der Waals surface area contributed by atoms with Crippen LogP contribution in [0.15, 0.2) is 24.3 Å². The average Bonchev–Trinajstić information content (AvgIpc) is 2.71. The van der Waals surface area contributed by atoms with Gasteiger partial charge < -0.3 is 14.4 Å². The smallest absolute Gasteiger partial charge is 0.256 e. The lowest BCUT2D eigenvalue weighted by Crippen LogP contribution is -2.81. The second-order valence-corrected chi connectivity index (χ2v) is 8.56. The third-order valence-electron chi connectivity index (χ3n) is 6.85. The number of halogens is 1. The highest BCUT2D eigenvalue weighted by atomic mass is 19.1. The second kappa shape index (κ2) is 7.37. The van der Waals surface area contributed by atoms with Crippen LogP contribution in [-0.4, -0.2) is 97.4 Å². The summed E-state index contributed by atoms with van der Waals surface area (Å²) in [6.45, 7) is 7.18. The number of amides is 1. The van der Waals surface area contributed by atoms with Crippen LogP contribution in [0.1, 0.15) is 23.2 Å². The number of ether oxygens (including phenoxy) is 2. The van der Waals surface area contributed by atoms with Gasteiger partial charge in [-0.15, -0.1) is 0 Å². The van der Waals surface area contributed by atoms with E-state index in [4.69, 9.17) is 9.47 Å². The molecule has 4 aliphatic rings. The summed E-state index contributed by atoms with van der Waals surface area (Å²) in [6.07, 6.45) is 2.17. The van der Waals surface area contributed by atoms with Gasteiger partial charge in [0.2, 0.25) is 0 Å². The van der Waals surface area contributed by atoms with Crippen LogP contribution in [0.25, 0.3) is 0 Å². The minimum atomic E-state index is -0.443. The quantitative estimate of drug-likeness (QED) is 0.761. The van der Waals surface area contributed by atoms with Crippen molar-refractivity contribution in [3.05, 3.63) is 35.6 Å². The number of hydrogen-bond acceptors (Lipinski definition) is 5. The molecule has 7 heteroatoms. The first kappa shape index (κ1) is 18.5. The van der Waals surface area contributed by atoms with E-state index >= 15 is 0 Å². The number of carbonyl (C=O) groups is 1. The third kappa shape index (κ3) is 3.14. The Morgan fingerprint density at radius 2 is 1.82 bits per heavy atom. The predicted molar refractivity (Wildman–Crippen MR) is 102 cm³/mol. The van der Waals surface area contributed by atoms with E-state index in [0.29, 0.717) is 25.7 Å². The Morgan fingerprint density at radius 3 is 2.61 bits per heavy atom. The highest BCUT2D eigenvalue weighted by Crippen LogP contribution is 2.38. The lowest BCUT2D eigenvalue weighted by molar-refractivity contribution is -0.171. The number of hydrogen-bond donors (Lipinski definition) is 0. The fourth-order valence-electron chi connectivity index (χ4n) is 5.46. The summed E-state index contributed by atoms with van der Waals surface area (Å²) in [7, 11) is 0. The van der Waals surface area contributed by atoms with E-state index in [1.807, 2.05) is 4.90 Å². The molecule has 0 radical (unpaired) electrons. The van der Waals surface area contributed by atoms with E-state index in [9.17, 15) is 9.18 Å². The normalized spacial score (nSPS) is 28.8. The molecule has 1 unspecified atom stereocenters. The molecule has 4 heterocycles. The molecule has 4 aliphatic heterocycles. The SMILES string of the molecule is O=C(c1ccccc1F)N1CC2COCCN2C2(C1)CN(C1CCOCC1)C2. The van der Waals surface area contributed by atoms with Gasteiger partial charge in [-0.25, -0.2) is 4.39 Å². The van der Waals surface area contributed by atoms with Crippen molar-refractivity contribution in [2.24, 2.45) is 0 Å². The first-order valence-corrected chi connectivity index (χ1v) is 10.4. The molecule has 0 saturated carbocycles. The van der Waals surface area contributed by atoms with Crippen molar-refractivity contribution in [1.82, 2.24) is 14.7 Å². The Labute approximate surface area is 165 Å². The minimum Gasteiger partial charge on any atom is -0.381 e. The Bertz CT molecular complexity index is 733. The molecule has 0 N–H and O–H groups in total. The fourth-order valence-corrected chi connectivity index (χ4v) is 5.46. The van der Waals surface area contributed by atoms with Crippen LogP contribution < -0.4 is 0 Å². The Morgan fingerprint density at radius 1 is 1.04 bits per heavy atom. The van der Waals surface area contributed by atoms with Gasteiger partial charge in [-0.1, -0.05) is 12.1 Å². The molecule has 1 amide bonds. The number of benzene rings is 1. The largest absolute Gasteiger partial charge is 0.381 e. The molecule has 152 valence electrons. The monoisotopic (exact) mass is 389 g/mol. The predicted octanol–water partition coefficient (Wildman–Crippen LogP) is 1.22. The number of nitrogens with zero attached hydrogens (tertiary/aromatic N) is 3. The fraction of sp³-hybridized carbons (Fsp3) is 0.667. The van der Waals surface area contributed by atoms with Crippen LogP contribution in [-0.2, 0) is 9.47 Å². The van der Waals surface area contributed by atoms with Gasteiger partial charge >= 0.3 is 0 Å². The van der Waals surface area contributed by atoms with Gasteiger partial charge in [0.1, 0.15) is 5.82 Å². The van der Waals surface area contributed by atoms with Gasteiger partial charge in [-0.3, -0.25) is 14.6 Å². The summed E-state index contributed by atoms with van der Waals surface area (Å²) in [5.74, 6) is -0.645. The van der Waals surface area contributed by atoms with E-state index < -0.39 is 5.82 Å². The first-order chi connectivity index (χ1) is 13.7. The van der Waals surface area contributed by atoms with Crippen LogP contribution in [0.2, 0.25) is 0 Å². The Kier molecular flexibility index (Phi) is 4.87. The maximum Gasteiger partial charge on any atom is 0.256 e. The molecule has 6 nitrogen and oxygen atoms in total. The summed E-state index contributed by atoms with van der Waals surface area (Å²) in [6, 6.07) is 7.06. The topological polar surface area (TPSA) is 45.2 Å². The van der Waals surface area contributed by atoms with Crippen molar-refractivity contribution >= 4 is 5.91 Å². The molecule has 5 rings (SSSR count). The van der Waals surface area contributed by atoms with Gasteiger partial charge in [0.15, 0.2) is 0 Å². The standard InChI is InChI=1S/C21H28FN3O3/c22-19-4-2-1-3-18(19)20(26)23-11-17-12-28-10-7-25(17)21(13-23)14-24(15-21)16-5-8-27-9-6-16/h1-4,16-17H,5-15H2. The van der Waals surface area contributed by atoms with Crippen LogP contribution in [0, 0.1) is 5.82 Å². The lowest BCUT2D eigenvalue weighted by atomic mass is 9.80. The Balaban J connectivity index is 1.36. The molecular weight excluding hydrogens is 361 g/mol. The van der Waals surface area contributed by atoms with Crippen molar-refractivity contribution in [1.29, 1.82) is 0 Å². The van der Waals surface area contributed by atoms with Crippen LogP contribution in [0.5, 0.6) is 0 Å². The van der Waals surface area contributed by atoms with E-state index in [0.717, 1.165) is 52.3 Å². The summed E-state index contributed by atoms with van der Waals surface area (Å²) >= 11 is 0. The zero-order valence-corrected chi connectivity index (χ0v) is 16.2. The van der Waals surface area contributed by atoms with E-state index in [1.54, 1.807) is 18.2 Å². The second-order valence-electron chi connectivity index (χ2n) is 8.56. The van der Waals surface area contributed by atoms with Crippen molar-refractivity contribution in [3.8, 4) is 0 Å². The number of rotatable bonds is 2. The molecule has 1 aromatic carbocycles. The van der Waals surface area contributed by atoms with Gasteiger partial charge in [0, 0.05) is 52.0 Å². The Hall–Kier alpha value is -1.54. The van der Waals surface area contributed by atoms with Crippen molar-refractivity contribution in [3.63, 3.8) is 0 Å². The van der Waals surface area contributed by atoms with Gasteiger partial charge in [0.05, 0.1) is 30.4 Å². The summed E-state index contributed by atoms with van der Waals surface area (Å²) in [5.41, 5.74) is 0.134. The molecule has 28 heavy (non-hydrogen) atoms. The van der Waals surface area contributed by atoms with E-state index in [-0.39, 0.29) is 23.1 Å². The number of carbonyl (C=O) groups excluding carboxylic acids is 1. The maximum absolute atomic E-state index is 14.2. The lowest BCUT2D eigenvalue weighted by Gasteiger charge is -2.64. The summed E-state index contributed by atoms with van der Waals surface area (Å²) in [4.78, 5) is 20.1. The van der Waals surface area contributed by atoms with Crippen LogP contribution in [0.3, 0.4) is 0 Å². The molecule has 0 aromatic heterocycles. The van der Waals surface area contributed by atoms with Gasteiger partial charge in [-0.2, -0.15) is 0 Å². The van der Waals surface area contributed by atoms with E-state index in [2.05, 4.69) is 9.80 Å². The first-order valence-electron chi connectivity index (χ1n) is 10.4. The molecule has 4 fully saturated rings. The van der Waals surface area contributed by atoms with Gasteiger partial charge in [0.25, 0.3) is 5.91 Å².